The standard InChI is InChI=1S/C22H24N6O7S4/c1-10-25-26-21(39-10)38-7-11-6-37-19-15(18(31)28(19)16(11)20(32)33)24-17(30)14(12-8-36-9-23-12)27-34-5-13(29)35-22(2,3)4/h8-9,15,19H,5-7H2,1-4H3,(H,24,30)(H,32,33)/b27-14+. The van der Waals surface area contributed by atoms with Crippen LogP contribution in [0.5, 0.6) is 0 Å². The molecule has 2 aromatic heterocycles. The van der Waals surface area contributed by atoms with E-state index in [4.69, 9.17) is 9.57 Å². The zero-order valence-electron chi connectivity index (χ0n) is 21.2. The quantitative estimate of drug-likeness (QED) is 0.131. The van der Waals surface area contributed by atoms with Crippen molar-refractivity contribution < 1.29 is 33.9 Å². The van der Waals surface area contributed by atoms with Gasteiger partial charge in [0.2, 0.25) is 6.61 Å². The van der Waals surface area contributed by atoms with E-state index in [9.17, 15) is 24.3 Å². The van der Waals surface area contributed by atoms with E-state index in [0.29, 0.717) is 21.4 Å². The van der Waals surface area contributed by atoms with Gasteiger partial charge in [-0.15, -0.1) is 33.3 Å². The number of oxime groups is 1. The summed E-state index contributed by atoms with van der Waals surface area (Å²) in [7, 11) is 0. The zero-order chi connectivity index (χ0) is 28.3. The van der Waals surface area contributed by atoms with Crippen molar-refractivity contribution in [2.45, 2.75) is 49.1 Å². The van der Waals surface area contributed by atoms with Crippen molar-refractivity contribution in [2.24, 2.45) is 5.16 Å². The molecule has 4 rings (SSSR count). The van der Waals surface area contributed by atoms with Gasteiger partial charge in [0.05, 0.1) is 5.51 Å². The molecule has 2 aromatic rings. The largest absolute Gasteiger partial charge is 0.477 e. The summed E-state index contributed by atoms with van der Waals surface area (Å²) < 4.78 is 5.86. The third-order valence-corrected chi connectivity index (χ3v) is 9.05. The molecular formula is C22H24N6O7S4. The molecule has 0 aliphatic carbocycles. The summed E-state index contributed by atoms with van der Waals surface area (Å²) in [6, 6.07) is -0.980. The number of carbonyl (C=O) groups is 4. The van der Waals surface area contributed by atoms with E-state index >= 15 is 0 Å². The van der Waals surface area contributed by atoms with Gasteiger partial charge in [0, 0.05) is 16.9 Å². The minimum Gasteiger partial charge on any atom is -0.477 e. The lowest BCUT2D eigenvalue weighted by Crippen LogP contribution is -2.71. The van der Waals surface area contributed by atoms with Crippen LogP contribution in [0.15, 0.2) is 31.7 Å². The van der Waals surface area contributed by atoms with E-state index in [-0.39, 0.29) is 17.1 Å². The number of aryl methyl sites for hydroxylation is 1. The number of fused-ring (bicyclic) bond motifs is 1. The molecule has 17 heteroatoms. The van der Waals surface area contributed by atoms with Gasteiger partial charge in [-0.1, -0.05) is 28.3 Å². The van der Waals surface area contributed by atoms with Crippen molar-refractivity contribution in [3.8, 4) is 0 Å². The van der Waals surface area contributed by atoms with Gasteiger partial charge in [0.1, 0.15) is 33.4 Å². The van der Waals surface area contributed by atoms with Crippen molar-refractivity contribution in [3.05, 3.63) is 32.9 Å². The molecule has 0 radical (unpaired) electrons. The molecule has 2 aliphatic rings. The van der Waals surface area contributed by atoms with Crippen molar-refractivity contribution in [1.82, 2.24) is 25.4 Å². The van der Waals surface area contributed by atoms with Crippen molar-refractivity contribution in [1.29, 1.82) is 0 Å². The number of ether oxygens (including phenoxy) is 1. The Morgan fingerprint density at radius 3 is 2.69 bits per heavy atom. The molecule has 39 heavy (non-hydrogen) atoms. The fourth-order valence-corrected chi connectivity index (χ4v) is 7.38. The van der Waals surface area contributed by atoms with E-state index in [2.05, 4.69) is 25.7 Å². The minimum absolute atomic E-state index is 0.0860. The average Bonchev–Trinajstić information content (AvgIpc) is 3.53. The highest BCUT2D eigenvalue weighted by Gasteiger charge is 2.54. The monoisotopic (exact) mass is 612 g/mol. The number of carbonyl (C=O) groups excluding carboxylic acids is 3. The summed E-state index contributed by atoms with van der Waals surface area (Å²) in [4.78, 5) is 60.5. The molecule has 0 bridgehead atoms. The van der Waals surface area contributed by atoms with Crippen molar-refractivity contribution >= 4 is 75.7 Å². The molecule has 0 spiro atoms. The van der Waals surface area contributed by atoms with Crippen LogP contribution in [0.2, 0.25) is 0 Å². The Bertz CT molecular complexity index is 1330. The first-order valence-corrected chi connectivity index (χ1v) is 15.2. The predicted molar refractivity (Wildman–Crippen MR) is 146 cm³/mol. The predicted octanol–water partition coefficient (Wildman–Crippen LogP) is 1.90. The fraction of sp³-hybridized carbons (Fsp3) is 0.455. The second-order valence-corrected chi connectivity index (χ2v) is 13.4. The molecule has 2 aliphatic heterocycles. The molecule has 4 heterocycles. The summed E-state index contributed by atoms with van der Waals surface area (Å²) in [5.41, 5.74) is 1.24. The Labute approximate surface area is 239 Å². The van der Waals surface area contributed by atoms with Gasteiger partial charge in [-0.05, 0) is 33.3 Å². The number of aromatic nitrogens is 3. The minimum atomic E-state index is -1.22. The Morgan fingerprint density at radius 2 is 2.08 bits per heavy atom. The topological polar surface area (TPSA) is 173 Å². The van der Waals surface area contributed by atoms with Crippen LogP contribution >= 0.6 is 46.2 Å². The van der Waals surface area contributed by atoms with Gasteiger partial charge < -0.3 is 20.0 Å². The number of β-lactam (4-membered cyclic amide) rings is 1. The zero-order valence-corrected chi connectivity index (χ0v) is 24.5. The maximum absolute atomic E-state index is 13.1. The van der Waals surface area contributed by atoms with E-state index < -0.39 is 47.4 Å². The number of nitrogens with one attached hydrogen (secondary N) is 1. The van der Waals surface area contributed by atoms with Crippen LogP contribution in [0.25, 0.3) is 0 Å². The lowest BCUT2D eigenvalue weighted by atomic mass is 10.0. The van der Waals surface area contributed by atoms with Crippen LogP contribution in [0.1, 0.15) is 31.5 Å². The first-order chi connectivity index (χ1) is 18.4. The van der Waals surface area contributed by atoms with Crippen LogP contribution in [-0.4, -0.2) is 89.8 Å². The Balaban J connectivity index is 1.44. The lowest BCUT2D eigenvalue weighted by molar-refractivity contribution is -0.160. The first kappa shape index (κ1) is 29.0. The summed E-state index contributed by atoms with van der Waals surface area (Å²) >= 11 is 5.33. The van der Waals surface area contributed by atoms with Gasteiger partial charge in [0.15, 0.2) is 10.1 Å². The second-order valence-electron chi connectivity index (χ2n) is 9.17. The number of hydrogen-bond acceptors (Lipinski definition) is 14. The molecule has 0 aromatic carbocycles. The van der Waals surface area contributed by atoms with E-state index in [1.165, 1.54) is 56.6 Å². The third-order valence-electron chi connectivity index (χ3n) is 5.06. The number of aliphatic carboxylic acids is 1. The molecule has 1 saturated heterocycles. The first-order valence-electron chi connectivity index (χ1n) is 11.4. The van der Waals surface area contributed by atoms with Crippen molar-refractivity contribution in [3.63, 3.8) is 0 Å². The second kappa shape index (κ2) is 12.0. The van der Waals surface area contributed by atoms with Crippen LogP contribution in [0.4, 0.5) is 0 Å². The average molecular weight is 613 g/mol. The van der Waals surface area contributed by atoms with Gasteiger partial charge >= 0.3 is 11.9 Å². The number of carboxylic acids is 1. The van der Waals surface area contributed by atoms with Gasteiger partial charge in [-0.3, -0.25) is 14.5 Å². The normalized spacial score (nSPS) is 19.3. The van der Waals surface area contributed by atoms with Crippen LogP contribution < -0.4 is 5.32 Å². The smallest absolute Gasteiger partial charge is 0.352 e. The Kier molecular flexibility index (Phi) is 8.93. The fourth-order valence-electron chi connectivity index (χ4n) is 3.54. The molecule has 0 saturated carbocycles. The highest BCUT2D eigenvalue weighted by atomic mass is 32.2. The van der Waals surface area contributed by atoms with E-state index in [0.717, 1.165) is 5.01 Å². The van der Waals surface area contributed by atoms with Crippen LogP contribution in [0, 0.1) is 6.92 Å². The lowest BCUT2D eigenvalue weighted by Gasteiger charge is -2.49. The number of esters is 1. The number of amides is 2. The molecule has 2 amide bonds. The van der Waals surface area contributed by atoms with Crippen molar-refractivity contribution in [2.75, 3.05) is 18.1 Å². The molecule has 208 valence electrons. The molecular weight excluding hydrogens is 589 g/mol. The highest BCUT2D eigenvalue weighted by Crippen LogP contribution is 2.41. The maximum atomic E-state index is 13.1. The molecule has 1 fully saturated rings. The number of thiazole rings is 1. The SMILES string of the molecule is Cc1nnc(SCC2=C(C(=O)O)N3C(=O)C(NC(=O)/C(=N/OCC(=O)OC(C)(C)C)c4cscn4)C3SC2)s1. The molecule has 2 unspecified atom stereocenters. The van der Waals surface area contributed by atoms with Crippen LogP contribution in [0.3, 0.4) is 0 Å². The molecule has 2 N–H and O–H groups in total. The molecule has 2 atom stereocenters. The highest BCUT2D eigenvalue weighted by molar-refractivity contribution is 8.01. The van der Waals surface area contributed by atoms with Gasteiger partial charge in [-0.2, -0.15) is 0 Å². The summed E-state index contributed by atoms with van der Waals surface area (Å²) in [6.45, 7) is 6.41. The Morgan fingerprint density at radius 1 is 1.31 bits per heavy atom. The number of rotatable bonds is 10. The third kappa shape index (κ3) is 6.95. The van der Waals surface area contributed by atoms with Crippen LogP contribution in [-0.2, 0) is 28.8 Å². The Hall–Kier alpha value is -3.02. The van der Waals surface area contributed by atoms with E-state index in [1.807, 2.05) is 6.92 Å². The summed E-state index contributed by atoms with van der Waals surface area (Å²) in [5, 5.41) is 26.0. The van der Waals surface area contributed by atoms with Gasteiger partial charge in [0.25, 0.3) is 11.8 Å². The number of thioether (sulfide) groups is 2. The maximum Gasteiger partial charge on any atom is 0.352 e. The van der Waals surface area contributed by atoms with Gasteiger partial charge in [-0.25, -0.2) is 14.6 Å². The van der Waals surface area contributed by atoms with E-state index in [1.54, 1.807) is 26.2 Å². The summed E-state index contributed by atoms with van der Waals surface area (Å²) in [5.74, 6) is -2.50. The number of nitrogens with zero attached hydrogens (tertiary/aromatic N) is 5. The molecule has 13 nitrogen and oxygen atoms in total. The number of hydrogen-bond donors (Lipinski definition) is 2. The number of carboxylic acid groups (broad SMARTS) is 1. The summed E-state index contributed by atoms with van der Waals surface area (Å²) in [6.07, 6.45) is 0.